The van der Waals surface area contributed by atoms with Gasteiger partial charge in [-0.25, -0.2) is 9.59 Å². The van der Waals surface area contributed by atoms with Crippen molar-refractivity contribution in [2.45, 2.75) is 6.92 Å². The zero-order valence-electron chi connectivity index (χ0n) is 16.1. The number of carbonyl (C=O) groups excluding carboxylic acids is 3. The molecular formula is C21H22N2O6. The van der Waals surface area contributed by atoms with E-state index in [-0.39, 0.29) is 12.5 Å². The first-order valence-electron chi connectivity index (χ1n) is 9.32. The molecule has 2 amide bonds. The molecule has 1 aliphatic heterocycles. The lowest BCUT2D eigenvalue weighted by Gasteiger charge is -2.34. The van der Waals surface area contributed by atoms with E-state index in [1.807, 2.05) is 6.07 Å². The highest BCUT2D eigenvalue weighted by Gasteiger charge is 2.26. The van der Waals surface area contributed by atoms with Gasteiger partial charge in [-0.15, -0.1) is 0 Å². The maximum Gasteiger partial charge on any atom is 0.513 e. The molecule has 3 rings (SSSR count). The third kappa shape index (κ3) is 5.47. The minimum atomic E-state index is -0.787. The van der Waals surface area contributed by atoms with Crippen LogP contribution in [0.5, 0.6) is 11.5 Å². The van der Waals surface area contributed by atoms with Crippen LogP contribution in [0.2, 0.25) is 0 Å². The van der Waals surface area contributed by atoms with Gasteiger partial charge in [0.25, 0.3) is 5.91 Å². The Balaban J connectivity index is 1.50. The molecule has 0 N–H and O–H groups in total. The van der Waals surface area contributed by atoms with Crippen molar-refractivity contribution in [2.75, 3.05) is 32.8 Å². The Morgan fingerprint density at radius 1 is 0.793 bits per heavy atom. The Morgan fingerprint density at radius 2 is 1.38 bits per heavy atom. The summed E-state index contributed by atoms with van der Waals surface area (Å²) in [5.41, 5.74) is 0.474. The molecule has 1 aliphatic rings. The molecule has 0 aromatic heterocycles. The van der Waals surface area contributed by atoms with E-state index in [1.165, 1.54) is 12.1 Å². The Morgan fingerprint density at radius 3 is 2.00 bits per heavy atom. The first-order chi connectivity index (χ1) is 14.1. The molecule has 29 heavy (non-hydrogen) atoms. The molecule has 0 aliphatic carbocycles. The summed E-state index contributed by atoms with van der Waals surface area (Å²) in [5, 5.41) is 0. The Kier molecular flexibility index (Phi) is 6.67. The molecular weight excluding hydrogens is 376 g/mol. The summed E-state index contributed by atoms with van der Waals surface area (Å²) < 4.78 is 15.0. The Hall–Kier alpha value is -3.55. The molecule has 0 saturated carbocycles. The van der Waals surface area contributed by atoms with Crippen molar-refractivity contribution in [2.24, 2.45) is 0 Å². The van der Waals surface area contributed by atoms with E-state index in [0.29, 0.717) is 43.2 Å². The third-order valence-electron chi connectivity index (χ3n) is 4.34. The molecule has 8 nitrogen and oxygen atoms in total. The van der Waals surface area contributed by atoms with Crippen LogP contribution < -0.4 is 9.47 Å². The molecule has 0 atom stereocenters. The van der Waals surface area contributed by atoms with E-state index >= 15 is 0 Å². The maximum absolute atomic E-state index is 12.7. The van der Waals surface area contributed by atoms with Gasteiger partial charge in [-0.3, -0.25) is 4.79 Å². The van der Waals surface area contributed by atoms with Crippen LogP contribution in [-0.4, -0.2) is 60.7 Å². The standard InChI is InChI=1S/C21H22N2O6/c1-2-27-21(26)29-18-10-8-16(9-11-18)19(24)22-12-14-23(15-13-22)20(25)28-17-6-4-3-5-7-17/h3-11H,2,12-15H2,1H3. The van der Waals surface area contributed by atoms with Crippen LogP contribution in [0.25, 0.3) is 0 Å². The normalized spacial score (nSPS) is 13.6. The minimum Gasteiger partial charge on any atom is -0.434 e. The molecule has 0 radical (unpaired) electrons. The van der Waals surface area contributed by atoms with Crippen molar-refractivity contribution in [3.63, 3.8) is 0 Å². The summed E-state index contributed by atoms with van der Waals surface area (Å²) >= 11 is 0. The van der Waals surface area contributed by atoms with Gasteiger partial charge in [0.2, 0.25) is 0 Å². The predicted molar refractivity (Wildman–Crippen MR) is 104 cm³/mol. The van der Waals surface area contributed by atoms with Crippen molar-refractivity contribution < 1.29 is 28.6 Å². The minimum absolute atomic E-state index is 0.149. The van der Waals surface area contributed by atoms with Gasteiger partial charge < -0.3 is 24.0 Å². The number of rotatable bonds is 4. The SMILES string of the molecule is CCOC(=O)Oc1ccc(C(=O)N2CCN(C(=O)Oc3ccccc3)CC2)cc1. The number of hydrogen-bond acceptors (Lipinski definition) is 6. The molecule has 1 heterocycles. The van der Waals surface area contributed by atoms with Gasteiger partial charge in [-0.05, 0) is 43.3 Å². The van der Waals surface area contributed by atoms with E-state index in [2.05, 4.69) is 0 Å². The monoisotopic (exact) mass is 398 g/mol. The highest BCUT2D eigenvalue weighted by Crippen LogP contribution is 2.16. The number of hydrogen-bond donors (Lipinski definition) is 0. The van der Waals surface area contributed by atoms with Crippen LogP contribution >= 0.6 is 0 Å². The zero-order valence-corrected chi connectivity index (χ0v) is 16.1. The van der Waals surface area contributed by atoms with Crippen molar-refractivity contribution in [3.8, 4) is 11.5 Å². The van der Waals surface area contributed by atoms with Gasteiger partial charge >= 0.3 is 12.2 Å². The summed E-state index contributed by atoms with van der Waals surface area (Å²) in [4.78, 5) is 39.5. The fourth-order valence-corrected chi connectivity index (χ4v) is 2.84. The summed E-state index contributed by atoms with van der Waals surface area (Å²) in [6, 6.07) is 15.1. The topological polar surface area (TPSA) is 85.4 Å². The second kappa shape index (κ2) is 9.59. The van der Waals surface area contributed by atoms with Crippen molar-refractivity contribution in [1.29, 1.82) is 0 Å². The number of benzene rings is 2. The van der Waals surface area contributed by atoms with Crippen LogP contribution in [0.4, 0.5) is 9.59 Å². The van der Waals surface area contributed by atoms with Crippen LogP contribution in [0, 0.1) is 0 Å². The maximum atomic E-state index is 12.7. The molecule has 2 aromatic carbocycles. The lowest BCUT2D eigenvalue weighted by molar-refractivity contribution is 0.0633. The molecule has 1 fully saturated rings. The van der Waals surface area contributed by atoms with Crippen LogP contribution in [0.1, 0.15) is 17.3 Å². The second-order valence-corrected chi connectivity index (χ2v) is 6.27. The quantitative estimate of drug-likeness (QED) is 0.581. The lowest BCUT2D eigenvalue weighted by atomic mass is 10.1. The highest BCUT2D eigenvalue weighted by molar-refractivity contribution is 5.94. The Labute approximate surface area is 168 Å². The smallest absolute Gasteiger partial charge is 0.434 e. The second-order valence-electron chi connectivity index (χ2n) is 6.27. The van der Waals surface area contributed by atoms with Crippen LogP contribution in [0.15, 0.2) is 54.6 Å². The van der Waals surface area contributed by atoms with Crippen molar-refractivity contribution in [3.05, 3.63) is 60.2 Å². The van der Waals surface area contributed by atoms with E-state index in [4.69, 9.17) is 14.2 Å². The van der Waals surface area contributed by atoms with Gasteiger partial charge in [0.1, 0.15) is 11.5 Å². The van der Waals surface area contributed by atoms with E-state index in [1.54, 1.807) is 53.1 Å². The summed E-state index contributed by atoms with van der Waals surface area (Å²) in [7, 11) is 0. The summed E-state index contributed by atoms with van der Waals surface area (Å²) in [6.45, 7) is 3.50. The molecule has 0 spiro atoms. The van der Waals surface area contributed by atoms with Gasteiger partial charge in [0.15, 0.2) is 0 Å². The number of carbonyl (C=O) groups is 3. The Bertz CT molecular complexity index is 845. The summed E-state index contributed by atoms with van der Waals surface area (Å²) in [5.74, 6) is 0.637. The fourth-order valence-electron chi connectivity index (χ4n) is 2.84. The van der Waals surface area contributed by atoms with E-state index < -0.39 is 12.2 Å². The number of nitrogens with zero attached hydrogens (tertiary/aromatic N) is 2. The van der Waals surface area contributed by atoms with E-state index in [9.17, 15) is 14.4 Å². The van der Waals surface area contributed by atoms with Gasteiger partial charge in [-0.2, -0.15) is 0 Å². The predicted octanol–water partition coefficient (Wildman–Crippen LogP) is 3.18. The molecule has 152 valence electrons. The van der Waals surface area contributed by atoms with Crippen LogP contribution in [0.3, 0.4) is 0 Å². The largest absolute Gasteiger partial charge is 0.513 e. The average Bonchev–Trinajstić information content (AvgIpc) is 2.75. The number of piperazine rings is 1. The number of para-hydroxylation sites is 1. The number of ether oxygens (including phenoxy) is 3. The number of amides is 2. The molecule has 0 bridgehead atoms. The van der Waals surface area contributed by atoms with E-state index in [0.717, 1.165) is 0 Å². The van der Waals surface area contributed by atoms with Gasteiger partial charge in [0, 0.05) is 31.7 Å². The van der Waals surface area contributed by atoms with Crippen molar-refractivity contribution >= 4 is 18.2 Å². The first kappa shape index (κ1) is 20.2. The molecule has 2 aromatic rings. The van der Waals surface area contributed by atoms with Crippen LogP contribution in [-0.2, 0) is 4.74 Å². The van der Waals surface area contributed by atoms with Crippen molar-refractivity contribution in [1.82, 2.24) is 9.80 Å². The fraction of sp³-hybridized carbons (Fsp3) is 0.286. The molecule has 0 unspecified atom stereocenters. The summed E-state index contributed by atoms with van der Waals surface area (Å²) in [6.07, 6.45) is -1.21. The van der Waals surface area contributed by atoms with Gasteiger partial charge in [0.05, 0.1) is 6.61 Å². The molecule has 8 heteroatoms. The first-order valence-corrected chi connectivity index (χ1v) is 9.32. The molecule has 1 saturated heterocycles. The van der Waals surface area contributed by atoms with Gasteiger partial charge in [-0.1, -0.05) is 18.2 Å². The highest BCUT2D eigenvalue weighted by atomic mass is 16.7. The average molecular weight is 398 g/mol. The lowest BCUT2D eigenvalue weighted by Crippen LogP contribution is -2.51. The zero-order chi connectivity index (χ0) is 20.6. The third-order valence-corrected chi connectivity index (χ3v) is 4.34.